The fourth-order valence-electron chi connectivity index (χ4n) is 4.32. The molecule has 1 aliphatic heterocycles. The summed E-state index contributed by atoms with van der Waals surface area (Å²) in [6.45, 7) is 7.10. The number of hydrogen-bond donors (Lipinski definition) is 1. The first-order chi connectivity index (χ1) is 18.0. The van der Waals surface area contributed by atoms with Crippen LogP contribution in [0.15, 0.2) is 59.1 Å². The maximum absolute atomic E-state index is 13.0. The van der Waals surface area contributed by atoms with E-state index >= 15 is 0 Å². The molecule has 0 unspecified atom stereocenters. The van der Waals surface area contributed by atoms with Crippen LogP contribution in [0.4, 0.5) is 10.5 Å². The fourth-order valence-corrected chi connectivity index (χ4v) is 4.72. The molecule has 3 amide bonds. The molecule has 0 aromatic heterocycles. The van der Waals surface area contributed by atoms with Gasteiger partial charge in [0.2, 0.25) is 5.91 Å². The van der Waals surface area contributed by atoms with Crippen molar-refractivity contribution in [3.63, 3.8) is 0 Å². The summed E-state index contributed by atoms with van der Waals surface area (Å²) >= 11 is 3.44. The van der Waals surface area contributed by atoms with Gasteiger partial charge in [-0.25, -0.2) is 4.79 Å². The van der Waals surface area contributed by atoms with Crippen LogP contribution in [0.25, 0.3) is 6.08 Å². The highest BCUT2D eigenvalue weighted by molar-refractivity contribution is 9.10. The quantitative estimate of drug-likeness (QED) is 0.331. The van der Waals surface area contributed by atoms with E-state index in [2.05, 4.69) is 33.1 Å². The second-order valence-electron chi connectivity index (χ2n) is 9.21. The van der Waals surface area contributed by atoms with Crippen LogP contribution in [0, 0.1) is 0 Å². The number of halogens is 1. The molecule has 0 atom stereocenters. The lowest BCUT2D eigenvalue weighted by molar-refractivity contribution is -0.131. The second kappa shape index (κ2) is 15.4. The lowest BCUT2D eigenvalue weighted by Crippen LogP contribution is -2.51. The Morgan fingerprint density at radius 2 is 1.86 bits per heavy atom. The van der Waals surface area contributed by atoms with Crippen LogP contribution in [-0.2, 0) is 4.79 Å². The summed E-state index contributed by atoms with van der Waals surface area (Å²) in [5.74, 6) is 1.02. The summed E-state index contributed by atoms with van der Waals surface area (Å²) in [5.41, 5.74) is 1.78. The highest BCUT2D eigenvalue weighted by Gasteiger charge is 2.22. The average molecular weight is 572 g/mol. The van der Waals surface area contributed by atoms with Crippen molar-refractivity contribution in [1.29, 1.82) is 0 Å². The van der Waals surface area contributed by atoms with Gasteiger partial charge in [0.05, 0.1) is 7.11 Å². The number of hydrogen-bond acceptors (Lipinski definition) is 4. The van der Waals surface area contributed by atoms with E-state index in [0.29, 0.717) is 32.6 Å². The zero-order chi connectivity index (χ0) is 26.5. The molecule has 7 nitrogen and oxygen atoms in total. The third-order valence-corrected chi connectivity index (χ3v) is 7.02. The van der Waals surface area contributed by atoms with Crippen LogP contribution in [0.5, 0.6) is 5.75 Å². The third-order valence-electron chi connectivity index (χ3n) is 6.53. The maximum Gasteiger partial charge on any atom is 0.321 e. The standard InChI is InChI=1S/C29H39BrN4O3/c1-3-4-5-15-28(35)33(16-9-11-24-10-6-7-14-27(24)37-2)20-17-32-18-21-34(22-19-32)29(36)31-26-13-8-12-25(30)23-26/h6-14,23H,3-5,15-22H2,1-2H3,(H,31,36). The number of rotatable bonds is 12. The summed E-state index contributed by atoms with van der Waals surface area (Å²) in [7, 11) is 1.67. The van der Waals surface area contributed by atoms with Gasteiger partial charge in [0.1, 0.15) is 5.75 Å². The Hall–Kier alpha value is -2.84. The van der Waals surface area contributed by atoms with Gasteiger partial charge in [-0.2, -0.15) is 0 Å². The number of nitrogens with one attached hydrogen (secondary N) is 1. The number of carbonyl (C=O) groups excluding carboxylic acids is 2. The van der Waals surface area contributed by atoms with Gasteiger partial charge in [0.25, 0.3) is 0 Å². The summed E-state index contributed by atoms with van der Waals surface area (Å²) in [4.78, 5) is 31.8. The number of para-hydroxylation sites is 1. The normalized spacial score (nSPS) is 14.1. The van der Waals surface area contributed by atoms with Crippen molar-refractivity contribution in [3.05, 3.63) is 64.6 Å². The SMILES string of the molecule is CCCCCC(=O)N(CC=Cc1ccccc1OC)CCN1CCN(C(=O)Nc2cccc(Br)c2)CC1. The minimum Gasteiger partial charge on any atom is -0.496 e. The molecule has 0 radical (unpaired) electrons. The van der Waals surface area contributed by atoms with Crippen molar-refractivity contribution < 1.29 is 14.3 Å². The monoisotopic (exact) mass is 570 g/mol. The number of methoxy groups -OCH3 is 1. The molecule has 0 bridgehead atoms. The summed E-state index contributed by atoms with van der Waals surface area (Å²) in [6.07, 6.45) is 7.74. The number of ether oxygens (including phenoxy) is 1. The topological polar surface area (TPSA) is 65.1 Å². The van der Waals surface area contributed by atoms with E-state index in [4.69, 9.17) is 4.74 Å². The molecular formula is C29H39BrN4O3. The van der Waals surface area contributed by atoms with E-state index in [-0.39, 0.29) is 11.9 Å². The first kappa shape index (κ1) is 28.7. The number of carbonyl (C=O) groups is 2. The molecule has 1 N–H and O–H groups in total. The molecule has 3 rings (SSSR count). The van der Waals surface area contributed by atoms with Crippen molar-refractivity contribution in [2.24, 2.45) is 0 Å². The van der Waals surface area contributed by atoms with Crippen LogP contribution in [-0.4, -0.2) is 79.6 Å². The highest BCUT2D eigenvalue weighted by atomic mass is 79.9. The molecule has 2 aromatic carbocycles. The predicted octanol–water partition coefficient (Wildman–Crippen LogP) is 5.73. The third kappa shape index (κ3) is 9.52. The molecule has 1 aliphatic rings. The van der Waals surface area contributed by atoms with Gasteiger partial charge < -0.3 is 19.9 Å². The molecule has 2 aromatic rings. The molecule has 200 valence electrons. The number of benzene rings is 2. The highest BCUT2D eigenvalue weighted by Crippen LogP contribution is 2.19. The van der Waals surface area contributed by atoms with Crippen LogP contribution < -0.4 is 10.1 Å². The van der Waals surface area contributed by atoms with Crippen LogP contribution in [0.3, 0.4) is 0 Å². The van der Waals surface area contributed by atoms with Crippen molar-refractivity contribution in [3.8, 4) is 5.75 Å². The Morgan fingerprint density at radius 1 is 1.08 bits per heavy atom. The zero-order valence-electron chi connectivity index (χ0n) is 22.0. The molecule has 37 heavy (non-hydrogen) atoms. The number of anilines is 1. The molecule has 1 heterocycles. The van der Waals surface area contributed by atoms with Gasteiger partial charge in [-0.05, 0) is 30.7 Å². The lowest BCUT2D eigenvalue weighted by atomic mass is 10.1. The minimum absolute atomic E-state index is 0.0769. The zero-order valence-corrected chi connectivity index (χ0v) is 23.6. The number of amides is 3. The first-order valence-corrected chi connectivity index (χ1v) is 13.9. The Bertz CT molecular complexity index is 1040. The van der Waals surface area contributed by atoms with Crippen LogP contribution in [0.2, 0.25) is 0 Å². The van der Waals surface area contributed by atoms with Gasteiger partial charge >= 0.3 is 6.03 Å². The van der Waals surface area contributed by atoms with Crippen molar-refractivity contribution in [2.45, 2.75) is 32.6 Å². The molecular weight excluding hydrogens is 532 g/mol. The Balaban J connectivity index is 1.50. The summed E-state index contributed by atoms with van der Waals surface area (Å²) in [5, 5.41) is 2.97. The van der Waals surface area contributed by atoms with Crippen LogP contribution in [0.1, 0.15) is 38.2 Å². The van der Waals surface area contributed by atoms with E-state index in [1.165, 1.54) is 0 Å². The average Bonchev–Trinajstić information content (AvgIpc) is 2.91. The predicted molar refractivity (Wildman–Crippen MR) is 154 cm³/mol. The molecule has 1 fully saturated rings. The van der Waals surface area contributed by atoms with E-state index < -0.39 is 0 Å². The number of unbranched alkanes of at least 4 members (excludes halogenated alkanes) is 2. The molecule has 8 heteroatoms. The molecule has 1 saturated heterocycles. The Morgan fingerprint density at radius 3 is 2.59 bits per heavy atom. The van der Waals surface area contributed by atoms with E-state index in [9.17, 15) is 9.59 Å². The number of nitrogens with zero attached hydrogens (tertiary/aromatic N) is 3. The van der Waals surface area contributed by atoms with E-state index in [1.807, 2.05) is 70.5 Å². The number of urea groups is 1. The fraction of sp³-hybridized carbons (Fsp3) is 0.448. The molecule has 0 aliphatic carbocycles. The Labute approximate surface area is 229 Å². The second-order valence-corrected chi connectivity index (χ2v) is 10.1. The molecule has 0 saturated carbocycles. The first-order valence-electron chi connectivity index (χ1n) is 13.1. The minimum atomic E-state index is -0.0769. The van der Waals surface area contributed by atoms with Gasteiger partial charge in [-0.3, -0.25) is 9.69 Å². The smallest absolute Gasteiger partial charge is 0.321 e. The number of piperazine rings is 1. The lowest BCUT2D eigenvalue weighted by Gasteiger charge is -2.35. The van der Waals surface area contributed by atoms with Crippen LogP contribution >= 0.6 is 15.9 Å². The van der Waals surface area contributed by atoms with Crippen molar-refractivity contribution in [2.75, 3.05) is 58.2 Å². The van der Waals surface area contributed by atoms with Crippen molar-refractivity contribution >= 4 is 39.6 Å². The summed E-state index contributed by atoms with van der Waals surface area (Å²) in [6, 6.07) is 15.4. The summed E-state index contributed by atoms with van der Waals surface area (Å²) < 4.78 is 6.37. The van der Waals surface area contributed by atoms with Gasteiger partial charge in [-0.15, -0.1) is 0 Å². The van der Waals surface area contributed by atoms with E-state index in [1.54, 1.807) is 7.11 Å². The van der Waals surface area contributed by atoms with Crippen molar-refractivity contribution in [1.82, 2.24) is 14.7 Å². The largest absolute Gasteiger partial charge is 0.496 e. The van der Waals surface area contributed by atoms with Gasteiger partial charge in [0.15, 0.2) is 0 Å². The van der Waals surface area contributed by atoms with Gasteiger partial charge in [0, 0.05) is 68.0 Å². The van der Waals surface area contributed by atoms with Gasteiger partial charge in [-0.1, -0.05) is 72.1 Å². The maximum atomic E-state index is 13.0. The van der Waals surface area contributed by atoms with E-state index in [0.717, 1.165) is 60.4 Å². The molecule has 0 spiro atoms. The Kier molecular flexibility index (Phi) is 12.0.